The zero-order chi connectivity index (χ0) is 11.7. The maximum Gasteiger partial charge on any atom is 0.333 e. The summed E-state index contributed by atoms with van der Waals surface area (Å²) in [6, 6.07) is 1.25. The van der Waals surface area contributed by atoms with Gasteiger partial charge in [0, 0.05) is 30.5 Å². The van der Waals surface area contributed by atoms with Gasteiger partial charge in [0.15, 0.2) is 0 Å². The van der Waals surface area contributed by atoms with E-state index in [9.17, 15) is 4.79 Å². The fourth-order valence-corrected chi connectivity index (χ4v) is 2.82. The second kappa shape index (κ2) is 4.58. The molecule has 90 valence electrons. The molecule has 0 spiro atoms. The average molecular weight is 223 g/mol. The summed E-state index contributed by atoms with van der Waals surface area (Å²) < 4.78 is 5.54. The Hall–Kier alpha value is -0.830. The number of nitrogens with zero attached hydrogens (tertiary/aromatic N) is 1. The molecule has 2 aliphatic rings. The van der Waals surface area contributed by atoms with Gasteiger partial charge in [0.25, 0.3) is 0 Å². The predicted molar refractivity (Wildman–Crippen MR) is 63.1 cm³/mol. The molecule has 3 nitrogen and oxygen atoms in total. The van der Waals surface area contributed by atoms with E-state index in [-0.39, 0.29) is 12.1 Å². The minimum absolute atomic E-state index is 0.135. The van der Waals surface area contributed by atoms with Gasteiger partial charge in [-0.15, -0.1) is 0 Å². The molecule has 0 saturated carbocycles. The molecule has 0 amide bonds. The lowest BCUT2D eigenvalue weighted by atomic mass is 10.0. The van der Waals surface area contributed by atoms with E-state index in [1.54, 1.807) is 0 Å². The largest absolute Gasteiger partial charge is 0.459 e. The summed E-state index contributed by atoms with van der Waals surface area (Å²) in [4.78, 5) is 14.1. The highest BCUT2D eigenvalue weighted by Crippen LogP contribution is 2.35. The van der Waals surface area contributed by atoms with Crippen molar-refractivity contribution in [2.45, 2.75) is 57.7 Å². The lowest BCUT2D eigenvalue weighted by Crippen LogP contribution is -2.43. The molecular weight excluding hydrogens is 202 g/mol. The second-order valence-electron chi connectivity index (χ2n) is 5.02. The zero-order valence-corrected chi connectivity index (χ0v) is 10.4. The minimum Gasteiger partial charge on any atom is -0.459 e. The predicted octanol–water partition coefficient (Wildman–Crippen LogP) is 2.12. The fraction of sp³-hybridized carbons (Fsp3) is 0.769. The van der Waals surface area contributed by atoms with E-state index in [1.165, 1.54) is 12.8 Å². The Labute approximate surface area is 97.5 Å². The zero-order valence-electron chi connectivity index (χ0n) is 10.4. The summed E-state index contributed by atoms with van der Waals surface area (Å²) in [5, 5.41) is 0. The van der Waals surface area contributed by atoms with Crippen LogP contribution in [0.3, 0.4) is 0 Å². The molecule has 3 heteroatoms. The number of ether oxygens (including phenoxy) is 1. The van der Waals surface area contributed by atoms with E-state index in [1.807, 2.05) is 19.9 Å². The molecule has 2 bridgehead atoms. The summed E-state index contributed by atoms with van der Waals surface area (Å²) >= 11 is 0. The lowest BCUT2D eigenvalue weighted by Gasteiger charge is -2.35. The van der Waals surface area contributed by atoms with Crippen LogP contribution < -0.4 is 0 Å². The standard InChI is InChI=1S/C13H21NO2/c1-4-9(2)13(15)16-12-7-10-5-6-11(8-12)14(10)3/h4,10-12H,5-8H2,1-3H3. The molecule has 2 saturated heterocycles. The summed E-state index contributed by atoms with van der Waals surface area (Å²) in [7, 11) is 2.19. The SMILES string of the molecule is CC=C(C)C(=O)OC1CC2CCC(C1)N2C. The maximum atomic E-state index is 11.7. The summed E-state index contributed by atoms with van der Waals surface area (Å²) in [5.41, 5.74) is 0.714. The highest BCUT2D eigenvalue weighted by atomic mass is 16.5. The summed E-state index contributed by atoms with van der Waals surface area (Å²) in [5.74, 6) is -0.142. The number of carbonyl (C=O) groups is 1. The molecule has 0 aromatic heterocycles. The average Bonchev–Trinajstić information content (AvgIpc) is 2.52. The van der Waals surface area contributed by atoms with Gasteiger partial charge in [0.2, 0.25) is 0 Å². The van der Waals surface area contributed by atoms with Crippen LogP contribution in [-0.2, 0) is 9.53 Å². The first-order chi connectivity index (χ1) is 7.61. The van der Waals surface area contributed by atoms with Gasteiger partial charge in [0.05, 0.1) is 0 Å². The molecule has 2 heterocycles. The van der Waals surface area contributed by atoms with E-state index in [0.717, 1.165) is 12.8 Å². The van der Waals surface area contributed by atoms with Gasteiger partial charge in [0.1, 0.15) is 6.10 Å². The van der Waals surface area contributed by atoms with Crippen molar-refractivity contribution >= 4 is 5.97 Å². The highest BCUT2D eigenvalue weighted by Gasteiger charge is 2.39. The van der Waals surface area contributed by atoms with Crippen LogP contribution in [0.2, 0.25) is 0 Å². The number of piperidine rings is 1. The first-order valence-electron chi connectivity index (χ1n) is 6.17. The Kier molecular flexibility index (Phi) is 3.33. The van der Waals surface area contributed by atoms with Crippen LogP contribution in [0.4, 0.5) is 0 Å². The number of fused-ring (bicyclic) bond motifs is 2. The number of allylic oxidation sites excluding steroid dienone is 1. The first-order valence-corrected chi connectivity index (χ1v) is 6.17. The molecule has 0 aromatic rings. The Morgan fingerprint density at radius 3 is 2.38 bits per heavy atom. The van der Waals surface area contributed by atoms with Crippen molar-refractivity contribution in [3.8, 4) is 0 Å². The number of rotatable bonds is 2. The molecule has 0 aliphatic carbocycles. The smallest absolute Gasteiger partial charge is 0.333 e. The minimum atomic E-state index is -0.142. The van der Waals surface area contributed by atoms with E-state index < -0.39 is 0 Å². The quantitative estimate of drug-likeness (QED) is 0.530. The lowest BCUT2D eigenvalue weighted by molar-refractivity contribution is -0.147. The number of carbonyl (C=O) groups excluding carboxylic acids is 1. The Bertz CT molecular complexity index is 297. The molecule has 0 aromatic carbocycles. The van der Waals surface area contributed by atoms with Crippen molar-refractivity contribution < 1.29 is 9.53 Å². The van der Waals surface area contributed by atoms with Gasteiger partial charge in [-0.2, -0.15) is 0 Å². The van der Waals surface area contributed by atoms with Crippen LogP contribution >= 0.6 is 0 Å². The molecule has 2 aliphatic heterocycles. The van der Waals surface area contributed by atoms with E-state index in [2.05, 4.69) is 11.9 Å². The number of esters is 1. The number of hydrogen-bond donors (Lipinski definition) is 0. The number of hydrogen-bond acceptors (Lipinski definition) is 3. The molecule has 0 radical (unpaired) electrons. The van der Waals surface area contributed by atoms with Crippen molar-refractivity contribution in [3.05, 3.63) is 11.6 Å². The van der Waals surface area contributed by atoms with E-state index in [4.69, 9.17) is 4.74 Å². The van der Waals surface area contributed by atoms with Gasteiger partial charge < -0.3 is 9.64 Å². The van der Waals surface area contributed by atoms with Gasteiger partial charge in [-0.25, -0.2) is 4.79 Å². The summed E-state index contributed by atoms with van der Waals surface area (Å²) in [6.45, 7) is 3.68. The fourth-order valence-electron chi connectivity index (χ4n) is 2.82. The molecule has 2 atom stereocenters. The molecule has 0 N–H and O–H groups in total. The van der Waals surface area contributed by atoms with Crippen LogP contribution in [0, 0.1) is 0 Å². The van der Waals surface area contributed by atoms with Crippen molar-refractivity contribution in [1.29, 1.82) is 0 Å². The van der Waals surface area contributed by atoms with Crippen molar-refractivity contribution in [3.63, 3.8) is 0 Å². The van der Waals surface area contributed by atoms with Gasteiger partial charge in [-0.1, -0.05) is 6.08 Å². The molecule has 2 fully saturated rings. The Morgan fingerprint density at radius 2 is 1.88 bits per heavy atom. The van der Waals surface area contributed by atoms with Crippen LogP contribution in [0.1, 0.15) is 39.5 Å². The van der Waals surface area contributed by atoms with Crippen LogP contribution in [0.25, 0.3) is 0 Å². The van der Waals surface area contributed by atoms with Crippen molar-refractivity contribution in [2.24, 2.45) is 0 Å². The third-order valence-corrected chi connectivity index (χ3v) is 4.08. The second-order valence-corrected chi connectivity index (χ2v) is 5.02. The van der Waals surface area contributed by atoms with Gasteiger partial charge in [-0.3, -0.25) is 0 Å². The third kappa shape index (κ3) is 2.14. The van der Waals surface area contributed by atoms with Crippen LogP contribution in [0.15, 0.2) is 11.6 Å². The van der Waals surface area contributed by atoms with Gasteiger partial charge in [-0.05, 0) is 33.7 Å². The Balaban J connectivity index is 1.92. The molecule has 2 unspecified atom stereocenters. The van der Waals surface area contributed by atoms with E-state index in [0.29, 0.717) is 17.7 Å². The van der Waals surface area contributed by atoms with Crippen molar-refractivity contribution in [2.75, 3.05) is 7.05 Å². The Morgan fingerprint density at radius 1 is 1.31 bits per heavy atom. The summed E-state index contributed by atoms with van der Waals surface area (Å²) in [6.07, 6.45) is 6.49. The highest BCUT2D eigenvalue weighted by molar-refractivity contribution is 5.87. The van der Waals surface area contributed by atoms with Gasteiger partial charge >= 0.3 is 5.97 Å². The third-order valence-electron chi connectivity index (χ3n) is 4.08. The van der Waals surface area contributed by atoms with E-state index >= 15 is 0 Å². The monoisotopic (exact) mass is 223 g/mol. The topological polar surface area (TPSA) is 29.5 Å². The van der Waals surface area contributed by atoms with Crippen LogP contribution in [0.5, 0.6) is 0 Å². The molecule has 2 rings (SSSR count). The van der Waals surface area contributed by atoms with Crippen LogP contribution in [-0.4, -0.2) is 36.1 Å². The first kappa shape index (κ1) is 11.6. The van der Waals surface area contributed by atoms with Crippen molar-refractivity contribution in [1.82, 2.24) is 4.90 Å². The molecular formula is C13H21NO2. The maximum absolute atomic E-state index is 11.7. The molecule has 16 heavy (non-hydrogen) atoms. The normalized spacial score (nSPS) is 35.2.